The maximum Gasteiger partial charge on any atom is 0.238 e. The molecule has 1 rings (SSSR count). The van der Waals surface area contributed by atoms with E-state index in [0.717, 1.165) is 5.56 Å². The number of ether oxygens (including phenoxy) is 1. The first kappa shape index (κ1) is 15.7. The molecule has 1 atom stereocenters. The van der Waals surface area contributed by atoms with Crippen molar-refractivity contribution in [2.24, 2.45) is 5.14 Å². The molecule has 106 valence electrons. The summed E-state index contributed by atoms with van der Waals surface area (Å²) in [5.41, 5.74) is 1.40. The summed E-state index contributed by atoms with van der Waals surface area (Å²) in [4.78, 5) is 0.165. The van der Waals surface area contributed by atoms with Crippen molar-refractivity contribution < 1.29 is 13.2 Å². The quantitative estimate of drug-likeness (QED) is 0.845. The lowest BCUT2D eigenvalue weighted by Crippen LogP contribution is -2.16. The highest BCUT2D eigenvalue weighted by Gasteiger charge is 2.19. The molecule has 0 spiro atoms. The summed E-state index contributed by atoms with van der Waals surface area (Å²) in [5.74, 6) is 0.693. The van der Waals surface area contributed by atoms with Crippen LogP contribution in [0.3, 0.4) is 0 Å². The molecule has 0 saturated carbocycles. The molecule has 0 fully saturated rings. The van der Waals surface area contributed by atoms with Gasteiger partial charge in [-0.05, 0) is 43.0 Å². The Morgan fingerprint density at radius 1 is 1.32 bits per heavy atom. The third-order valence-electron chi connectivity index (χ3n) is 2.88. The van der Waals surface area contributed by atoms with Gasteiger partial charge >= 0.3 is 0 Å². The van der Waals surface area contributed by atoms with Crippen molar-refractivity contribution >= 4 is 10.0 Å². The van der Waals surface area contributed by atoms with E-state index in [1.54, 1.807) is 25.1 Å². The van der Waals surface area contributed by atoms with Crippen LogP contribution in [0.4, 0.5) is 0 Å². The highest BCUT2D eigenvalue weighted by Crippen LogP contribution is 2.31. The molecule has 19 heavy (non-hydrogen) atoms. The molecule has 0 aliphatic heterocycles. The molecule has 1 unspecified atom stereocenters. The standard InChI is InChI=1S/C14H21NO3S/c1-6-11(5)18-13-8-12(9(2)3)14(7-10(13)4)19(15,16)17/h6-9,11H,1H2,2-5H3,(H2,15,16,17). The number of rotatable bonds is 5. The monoisotopic (exact) mass is 283 g/mol. The fourth-order valence-corrected chi connectivity index (χ4v) is 2.71. The summed E-state index contributed by atoms with van der Waals surface area (Å²) in [6.45, 7) is 11.2. The smallest absolute Gasteiger partial charge is 0.238 e. The molecule has 0 saturated heterocycles. The predicted molar refractivity (Wildman–Crippen MR) is 76.9 cm³/mol. The Hall–Kier alpha value is -1.33. The molecular formula is C14H21NO3S. The van der Waals surface area contributed by atoms with Gasteiger partial charge in [-0.25, -0.2) is 13.6 Å². The van der Waals surface area contributed by atoms with E-state index < -0.39 is 10.0 Å². The minimum absolute atomic E-state index is 0.0373. The molecule has 0 radical (unpaired) electrons. The Bertz CT molecular complexity index is 577. The Morgan fingerprint density at radius 3 is 2.32 bits per heavy atom. The first-order chi connectivity index (χ1) is 8.66. The first-order valence-corrected chi connectivity index (χ1v) is 7.68. The minimum Gasteiger partial charge on any atom is -0.486 e. The molecule has 1 aromatic rings. The number of sulfonamides is 1. The molecule has 0 bridgehead atoms. The highest BCUT2D eigenvalue weighted by molar-refractivity contribution is 7.89. The number of nitrogens with two attached hydrogens (primary N) is 1. The highest BCUT2D eigenvalue weighted by atomic mass is 32.2. The van der Waals surface area contributed by atoms with Crippen molar-refractivity contribution in [1.29, 1.82) is 0 Å². The van der Waals surface area contributed by atoms with Gasteiger partial charge in [-0.3, -0.25) is 0 Å². The topological polar surface area (TPSA) is 69.4 Å². The second kappa shape index (κ2) is 5.75. The maximum atomic E-state index is 11.6. The van der Waals surface area contributed by atoms with Crippen LogP contribution < -0.4 is 9.88 Å². The molecule has 4 nitrogen and oxygen atoms in total. The lowest BCUT2D eigenvalue weighted by molar-refractivity contribution is 0.268. The number of primary sulfonamides is 1. The van der Waals surface area contributed by atoms with Gasteiger partial charge < -0.3 is 4.74 Å². The average Bonchev–Trinajstić information content (AvgIpc) is 2.29. The van der Waals surface area contributed by atoms with Crippen molar-refractivity contribution in [3.05, 3.63) is 35.9 Å². The van der Waals surface area contributed by atoms with Crippen LogP contribution in [-0.2, 0) is 10.0 Å². The van der Waals surface area contributed by atoms with Gasteiger partial charge in [0.25, 0.3) is 0 Å². The summed E-state index contributed by atoms with van der Waals surface area (Å²) in [5, 5.41) is 5.26. The van der Waals surface area contributed by atoms with E-state index in [-0.39, 0.29) is 16.9 Å². The van der Waals surface area contributed by atoms with Crippen molar-refractivity contribution in [2.75, 3.05) is 0 Å². The van der Waals surface area contributed by atoms with Crippen molar-refractivity contribution in [2.45, 2.75) is 44.6 Å². The summed E-state index contributed by atoms with van der Waals surface area (Å²) < 4.78 is 28.9. The van der Waals surface area contributed by atoms with Crippen LogP contribution in [0.1, 0.15) is 37.8 Å². The molecule has 0 aliphatic rings. The fourth-order valence-electron chi connectivity index (χ4n) is 1.75. The Kier molecular flexibility index (Phi) is 4.76. The second-order valence-corrected chi connectivity index (χ2v) is 6.44. The Morgan fingerprint density at radius 2 is 1.89 bits per heavy atom. The van der Waals surface area contributed by atoms with Crippen LogP contribution in [0.25, 0.3) is 0 Å². The zero-order valence-electron chi connectivity index (χ0n) is 11.8. The van der Waals surface area contributed by atoms with E-state index in [4.69, 9.17) is 9.88 Å². The van der Waals surface area contributed by atoms with Crippen molar-refractivity contribution in [3.8, 4) is 5.75 Å². The Balaban J connectivity index is 3.41. The zero-order valence-corrected chi connectivity index (χ0v) is 12.6. The number of benzene rings is 1. The van der Waals surface area contributed by atoms with Gasteiger partial charge in [0.15, 0.2) is 0 Å². The minimum atomic E-state index is -3.73. The van der Waals surface area contributed by atoms with Crippen LogP contribution in [0.15, 0.2) is 29.7 Å². The van der Waals surface area contributed by atoms with Gasteiger partial charge in [0, 0.05) is 0 Å². The van der Waals surface area contributed by atoms with Gasteiger partial charge in [-0.1, -0.05) is 26.5 Å². The van der Waals surface area contributed by atoms with E-state index in [1.807, 2.05) is 20.8 Å². The van der Waals surface area contributed by atoms with Gasteiger partial charge in [-0.15, -0.1) is 0 Å². The van der Waals surface area contributed by atoms with Crippen molar-refractivity contribution in [3.63, 3.8) is 0 Å². The second-order valence-electron chi connectivity index (χ2n) is 4.91. The largest absolute Gasteiger partial charge is 0.486 e. The van der Waals surface area contributed by atoms with Crippen LogP contribution >= 0.6 is 0 Å². The SMILES string of the molecule is C=CC(C)Oc1cc(C(C)C)c(S(N)(=O)=O)cc1C. The molecule has 1 aromatic carbocycles. The van der Waals surface area contributed by atoms with Gasteiger partial charge in [-0.2, -0.15) is 0 Å². The van der Waals surface area contributed by atoms with Gasteiger partial charge in [0.2, 0.25) is 10.0 Å². The summed E-state index contributed by atoms with van der Waals surface area (Å²) in [6, 6.07) is 3.32. The van der Waals surface area contributed by atoms with E-state index in [2.05, 4.69) is 6.58 Å². The molecule has 0 aliphatic carbocycles. The zero-order chi connectivity index (χ0) is 14.8. The van der Waals surface area contributed by atoms with Crippen LogP contribution in [0.5, 0.6) is 5.75 Å². The molecule has 0 amide bonds. The normalized spacial score (nSPS) is 13.4. The average molecular weight is 283 g/mol. The van der Waals surface area contributed by atoms with Gasteiger partial charge in [0.1, 0.15) is 11.9 Å². The van der Waals surface area contributed by atoms with Crippen molar-refractivity contribution in [1.82, 2.24) is 0 Å². The number of hydrogen-bond donors (Lipinski definition) is 1. The molecule has 5 heteroatoms. The summed E-state index contributed by atoms with van der Waals surface area (Å²) in [6.07, 6.45) is 1.54. The van der Waals surface area contributed by atoms with Crippen LogP contribution in [0.2, 0.25) is 0 Å². The summed E-state index contributed by atoms with van der Waals surface area (Å²) >= 11 is 0. The summed E-state index contributed by atoms with van der Waals surface area (Å²) in [7, 11) is -3.73. The Labute approximate surface area is 115 Å². The lowest BCUT2D eigenvalue weighted by atomic mass is 10.0. The molecule has 0 aromatic heterocycles. The van der Waals surface area contributed by atoms with E-state index in [1.165, 1.54) is 0 Å². The predicted octanol–water partition coefficient (Wildman–Crippen LogP) is 2.72. The van der Waals surface area contributed by atoms with E-state index in [9.17, 15) is 8.42 Å². The molecular weight excluding hydrogens is 262 g/mol. The number of aryl methyl sites for hydroxylation is 1. The molecule has 2 N–H and O–H groups in total. The number of hydrogen-bond acceptors (Lipinski definition) is 3. The molecule has 0 heterocycles. The van der Waals surface area contributed by atoms with Crippen LogP contribution in [-0.4, -0.2) is 14.5 Å². The lowest BCUT2D eigenvalue weighted by Gasteiger charge is -2.18. The third-order valence-corrected chi connectivity index (χ3v) is 3.85. The fraction of sp³-hybridized carbons (Fsp3) is 0.429. The van der Waals surface area contributed by atoms with E-state index >= 15 is 0 Å². The first-order valence-electron chi connectivity index (χ1n) is 6.13. The maximum absolute atomic E-state index is 11.6. The third kappa shape index (κ3) is 3.81. The van der Waals surface area contributed by atoms with Crippen LogP contribution in [0, 0.1) is 6.92 Å². The van der Waals surface area contributed by atoms with Gasteiger partial charge in [0.05, 0.1) is 4.90 Å². The van der Waals surface area contributed by atoms with E-state index in [0.29, 0.717) is 11.3 Å².